The fraction of sp³-hybridized carbons (Fsp3) is 0.167. The van der Waals surface area contributed by atoms with Crippen molar-refractivity contribution in [2.75, 3.05) is 17.2 Å². The monoisotopic (exact) mass is 404 g/mol. The molecule has 0 atom stereocenters. The lowest BCUT2D eigenvalue weighted by molar-refractivity contribution is -0.384. The summed E-state index contributed by atoms with van der Waals surface area (Å²) in [4.78, 5) is 38.1. The third kappa shape index (κ3) is 6.06. The predicted octanol–water partition coefficient (Wildman–Crippen LogP) is 3.59. The van der Waals surface area contributed by atoms with Crippen LogP contribution in [0.1, 0.15) is 19.4 Å². The van der Waals surface area contributed by atoms with Crippen LogP contribution in [0.15, 0.2) is 47.6 Å². The zero-order valence-electron chi connectivity index (χ0n) is 15.1. The number of nitrogens with zero attached hydrogens (tertiary/aromatic N) is 2. The zero-order chi connectivity index (χ0) is 20.7. The topological polar surface area (TPSA) is 123 Å². The summed E-state index contributed by atoms with van der Waals surface area (Å²) in [7, 11) is 0. The highest BCUT2D eigenvalue weighted by Crippen LogP contribution is 2.27. The maximum atomic E-state index is 11.9. The molecule has 0 aliphatic carbocycles. The molecule has 0 saturated carbocycles. The molecular weight excluding hydrogens is 388 g/mol. The Hall–Kier alpha value is -3.46. The van der Waals surface area contributed by atoms with Gasteiger partial charge in [0, 0.05) is 24.4 Å². The van der Waals surface area contributed by atoms with E-state index in [9.17, 15) is 19.7 Å². The lowest BCUT2D eigenvalue weighted by atomic mass is 10.1. The van der Waals surface area contributed by atoms with E-state index < -0.39 is 10.8 Å². The molecule has 0 aliphatic rings. The first kappa shape index (κ1) is 20.8. The van der Waals surface area contributed by atoms with Gasteiger partial charge in [0.2, 0.25) is 5.91 Å². The minimum atomic E-state index is -0.640. The molecule has 0 bridgehead atoms. The number of hydrogen-bond acceptors (Lipinski definition) is 6. The van der Waals surface area contributed by atoms with Crippen LogP contribution in [0.4, 0.5) is 17.1 Å². The second kappa shape index (κ2) is 9.47. The molecule has 0 saturated heterocycles. The van der Waals surface area contributed by atoms with Crippen LogP contribution in [0.2, 0.25) is 5.02 Å². The van der Waals surface area contributed by atoms with E-state index in [4.69, 9.17) is 16.4 Å². The van der Waals surface area contributed by atoms with Crippen LogP contribution in [0, 0.1) is 10.1 Å². The van der Waals surface area contributed by atoms with Crippen LogP contribution in [0.25, 0.3) is 0 Å². The number of nitro benzene ring substituents is 1. The van der Waals surface area contributed by atoms with Crippen molar-refractivity contribution in [1.82, 2.24) is 0 Å². The van der Waals surface area contributed by atoms with Crippen molar-refractivity contribution in [3.63, 3.8) is 0 Å². The molecule has 9 nitrogen and oxygen atoms in total. The van der Waals surface area contributed by atoms with E-state index in [1.54, 1.807) is 31.2 Å². The van der Waals surface area contributed by atoms with E-state index in [1.165, 1.54) is 19.1 Å². The molecule has 10 heteroatoms. The summed E-state index contributed by atoms with van der Waals surface area (Å²) < 4.78 is 0. The summed E-state index contributed by atoms with van der Waals surface area (Å²) in [6.07, 6.45) is 0. The van der Waals surface area contributed by atoms with Crippen molar-refractivity contribution in [3.8, 4) is 0 Å². The van der Waals surface area contributed by atoms with Gasteiger partial charge in [0.1, 0.15) is 5.02 Å². The second-order valence-electron chi connectivity index (χ2n) is 5.68. The number of amides is 2. The summed E-state index contributed by atoms with van der Waals surface area (Å²) in [6.45, 7) is 2.74. The number of nitrogens with one attached hydrogen (secondary N) is 2. The lowest BCUT2D eigenvalue weighted by Gasteiger charge is -2.06. The Labute approximate surface area is 165 Å². The zero-order valence-corrected chi connectivity index (χ0v) is 15.8. The normalized spacial score (nSPS) is 10.9. The highest BCUT2D eigenvalue weighted by molar-refractivity contribution is 6.32. The minimum absolute atomic E-state index is 0.0241. The Kier molecular flexibility index (Phi) is 7.05. The first-order valence-corrected chi connectivity index (χ1v) is 8.42. The van der Waals surface area contributed by atoms with Crippen LogP contribution in [-0.2, 0) is 14.4 Å². The Bertz CT molecular complexity index is 928. The van der Waals surface area contributed by atoms with E-state index in [0.29, 0.717) is 11.4 Å². The molecule has 0 aliphatic heterocycles. The van der Waals surface area contributed by atoms with Gasteiger partial charge in [0.25, 0.3) is 11.6 Å². The molecule has 0 fully saturated rings. The fourth-order valence-electron chi connectivity index (χ4n) is 2.17. The molecule has 2 rings (SSSR count). The van der Waals surface area contributed by atoms with Gasteiger partial charge in [-0.15, -0.1) is 0 Å². The van der Waals surface area contributed by atoms with Crippen molar-refractivity contribution in [2.45, 2.75) is 13.8 Å². The van der Waals surface area contributed by atoms with E-state index >= 15 is 0 Å². The van der Waals surface area contributed by atoms with Gasteiger partial charge in [0.15, 0.2) is 6.61 Å². The van der Waals surface area contributed by atoms with E-state index in [2.05, 4.69) is 15.8 Å². The Balaban J connectivity index is 1.91. The Morgan fingerprint density at radius 1 is 1.11 bits per heavy atom. The standard InChI is InChI=1S/C18H17ClN4O5/c1-11(13-3-5-14(6-4-13)20-12(2)24)22-28-10-18(25)21-15-7-8-16(19)17(9-15)23(26)27/h3-9H,10H2,1-2H3,(H,20,24)(H,21,25)/b22-11+. The lowest BCUT2D eigenvalue weighted by Crippen LogP contribution is -2.17. The number of halogens is 1. The molecule has 0 unspecified atom stereocenters. The number of anilines is 2. The van der Waals surface area contributed by atoms with Crippen molar-refractivity contribution in [3.05, 3.63) is 63.2 Å². The summed E-state index contributed by atoms with van der Waals surface area (Å²) >= 11 is 5.72. The summed E-state index contributed by atoms with van der Waals surface area (Å²) in [5, 5.41) is 19.8. The third-order valence-corrected chi connectivity index (χ3v) is 3.77. The number of rotatable bonds is 7. The molecule has 2 aromatic rings. The summed E-state index contributed by atoms with van der Waals surface area (Å²) in [5.41, 5.74) is 1.85. The molecule has 2 N–H and O–H groups in total. The van der Waals surface area contributed by atoms with Gasteiger partial charge in [-0.2, -0.15) is 0 Å². The van der Waals surface area contributed by atoms with Gasteiger partial charge in [-0.1, -0.05) is 28.9 Å². The molecule has 2 aromatic carbocycles. The van der Waals surface area contributed by atoms with E-state index in [-0.39, 0.29) is 28.9 Å². The Morgan fingerprint density at radius 2 is 1.75 bits per heavy atom. The van der Waals surface area contributed by atoms with Crippen molar-refractivity contribution in [1.29, 1.82) is 0 Å². The summed E-state index contributed by atoms with van der Waals surface area (Å²) in [6, 6.07) is 10.9. The van der Waals surface area contributed by atoms with Gasteiger partial charge >= 0.3 is 0 Å². The summed E-state index contributed by atoms with van der Waals surface area (Å²) in [5.74, 6) is -0.701. The van der Waals surface area contributed by atoms with Gasteiger partial charge < -0.3 is 15.5 Å². The van der Waals surface area contributed by atoms with Gasteiger partial charge in [-0.05, 0) is 36.8 Å². The second-order valence-corrected chi connectivity index (χ2v) is 6.09. The van der Waals surface area contributed by atoms with Crippen LogP contribution >= 0.6 is 11.6 Å². The highest BCUT2D eigenvalue weighted by Gasteiger charge is 2.14. The van der Waals surface area contributed by atoms with Crippen molar-refractivity contribution >= 4 is 46.2 Å². The quantitative estimate of drug-likeness (QED) is 0.414. The highest BCUT2D eigenvalue weighted by atomic mass is 35.5. The largest absolute Gasteiger partial charge is 0.385 e. The number of benzene rings is 2. The maximum absolute atomic E-state index is 11.9. The maximum Gasteiger partial charge on any atom is 0.289 e. The average molecular weight is 405 g/mol. The van der Waals surface area contributed by atoms with Gasteiger partial charge in [-0.25, -0.2) is 0 Å². The fourth-order valence-corrected chi connectivity index (χ4v) is 2.35. The number of oxime groups is 1. The van der Waals surface area contributed by atoms with Crippen LogP contribution in [0.3, 0.4) is 0 Å². The molecule has 2 amide bonds. The molecule has 0 heterocycles. The molecule has 0 radical (unpaired) electrons. The van der Waals surface area contributed by atoms with Crippen LogP contribution in [-0.4, -0.2) is 29.1 Å². The number of nitro groups is 1. The molecule has 0 spiro atoms. The minimum Gasteiger partial charge on any atom is -0.385 e. The third-order valence-electron chi connectivity index (χ3n) is 3.45. The number of carbonyl (C=O) groups excluding carboxylic acids is 2. The van der Waals surface area contributed by atoms with Crippen LogP contribution < -0.4 is 10.6 Å². The number of hydrogen-bond donors (Lipinski definition) is 2. The molecule has 28 heavy (non-hydrogen) atoms. The number of carbonyl (C=O) groups is 2. The van der Waals surface area contributed by atoms with Gasteiger partial charge in [-0.3, -0.25) is 19.7 Å². The average Bonchev–Trinajstić information content (AvgIpc) is 2.63. The molecule has 146 valence electrons. The van der Waals surface area contributed by atoms with Crippen molar-refractivity contribution < 1.29 is 19.3 Å². The van der Waals surface area contributed by atoms with E-state index in [1.807, 2.05) is 0 Å². The van der Waals surface area contributed by atoms with Gasteiger partial charge in [0.05, 0.1) is 10.6 Å². The van der Waals surface area contributed by atoms with Crippen LogP contribution in [0.5, 0.6) is 0 Å². The van der Waals surface area contributed by atoms with E-state index in [0.717, 1.165) is 11.6 Å². The molecular formula is C18H17ClN4O5. The predicted molar refractivity (Wildman–Crippen MR) is 106 cm³/mol. The first-order chi connectivity index (χ1) is 13.3. The first-order valence-electron chi connectivity index (χ1n) is 8.04. The molecule has 0 aromatic heterocycles. The van der Waals surface area contributed by atoms with Crippen molar-refractivity contribution in [2.24, 2.45) is 5.16 Å². The SMILES string of the molecule is CC(=O)Nc1ccc(/C(C)=N/OCC(=O)Nc2ccc(Cl)c([N+](=O)[O-])c2)cc1. The Morgan fingerprint density at radius 3 is 2.36 bits per heavy atom. The smallest absolute Gasteiger partial charge is 0.289 e.